The van der Waals surface area contributed by atoms with Crippen LogP contribution in [0.4, 0.5) is 18.3 Å². The van der Waals surface area contributed by atoms with Crippen molar-refractivity contribution in [1.82, 2.24) is 9.29 Å². The molecule has 0 unspecified atom stereocenters. The second-order valence-corrected chi connectivity index (χ2v) is 10.5. The van der Waals surface area contributed by atoms with E-state index in [1.54, 1.807) is 0 Å². The Kier molecular flexibility index (Phi) is 6.39. The van der Waals surface area contributed by atoms with Crippen molar-refractivity contribution < 1.29 is 26.3 Å². The van der Waals surface area contributed by atoms with Crippen molar-refractivity contribution in [2.45, 2.75) is 25.1 Å². The molecule has 1 aromatic heterocycles. The second-order valence-electron chi connectivity index (χ2n) is 7.74. The molecule has 1 aliphatic heterocycles. The van der Waals surface area contributed by atoms with E-state index in [1.165, 1.54) is 15.6 Å². The number of hydrogen-bond acceptors (Lipinski definition) is 6. The zero-order valence-electron chi connectivity index (χ0n) is 18.0. The van der Waals surface area contributed by atoms with Crippen molar-refractivity contribution >= 4 is 26.5 Å². The minimum absolute atomic E-state index is 0.0723. The van der Waals surface area contributed by atoms with Gasteiger partial charge in [0, 0.05) is 37.1 Å². The lowest BCUT2D eigenvalue weighted by atomic mass is 10.0. The Morgan fingerprint density at radius 1 is 1.00 bits per heavy atom. The van der Waals surface area contributed by atoms with E-state index in [2.05, 4.69) is 22.9 Å². The number of aromatic nitrogens is 1. The van der Waals surface area contributed by atoms with Gasteiger partial charge in [0.25, 0.3) is 0 Å². The third-order valence-electron chi connectivity index (χ3n) is 5.37. The number of anilines is 1. The number of hydrogen-bond donors (Lipinski definition) is 0. The van der Waals surface area contributed by atoms with Gasteiger partial charge in [-0.15, -0.1) is 24.5 Å². The smallest absolute Gasteiger partial charge is 0.406 e. The van der Waals surface area contributed by atoms with Crippen molar-refractivity contribution in [2.75, 3.05) is 31.1 Å². The van der Waals surface area contributed by atoms with E-state index < -0.39 is 22.1 Å². The number of benzene rings is 2. The molecule has 1 saturated heterocycles. The number of piperazine rings is 1. The largest absolute Gasteiger partial charge is 0.573 e. The zero-order valence-corrected chi connectivity index (χ0v) is 19.6. The highest BCUT2D eigenvalue weighted by Crippen LogP contribution is 2.31. The average molecular weight is 498 g/mol. The quantitative estimate of drug-likeness (QED) is 0.505. The predicted molar refractivity (Wildman–Crippen MR) is 121 cm³/mol. The van der Waals surface area contributed by atoms with Gasteiger partial charge in [-0.2, -0.15) is 4.31 Å². The summed E-state index contributed by atoms with van der Waals surface area (Å²) in [4.78, 5) is 6.74. The minimum Gasteiger partial charge on any atom is -0.406 e. The lowest BCUT2D eigenvalue weighted by Crippen LogP contribution is -2.48. The molecule has 2 aromatic carbocycles. The summed E-state index contributed by atoms with van der Waals surface area (Å²) in [6.07, 6.45) is -4.83. The highest BCUT2D eigenvalue weighted by Gasteiger charge is 2.32. The van der Waals surface area contributed by atoms with Gasteiger partial charge in [0.2, 0.25) is 10.0 Å². The van der Waals surface area contributed by atoms with Crippen LogP contribution >= 0.6 is 11.3 Å². The van der Waals surface area contributed by atoms with E-state index in [0.29, 0.717) is 13.1 Å². The summed E-state index contributed by atoms with van der Waals surface area (Å²) in [5.74, 6) is -0.463. The van der Waals surface area contributed by atoms with E-state index in [4.69, 9.17) is 4.98 Å². The maximum atomic E-state index is 12.9. The van der Waals surface area contributed by atoms with Crippen LogP contribution in [0.15, 0.2) is 52.7 Å². The van der Waals surface area contributed by atoms with Crippen molar-refractivity contribution in [3.8, 4) is 17.0 Å². The summed E-state index contributed by atoms with van der Waals surface area (Å²) in [5.41, 5.74) is 4.27. The van der Waals surface area contributed by atoms with E-state index in [-0.39, 0.29) is 18.0 Å². The molecule has 11 heteroatoms. The number of sulfonamides is 1. The topological polar surface area (TPSA) is 62.7 Å². The lowest BCUT2D eigenvalue weighted by Gasteiger charge is -2.33. The van der Waals surface area contributed by atoms with E-state index in [9.17, 15) is 21.6 Å². The Hall–Kier alpha value is -2.63. The van der Waals surface area contributed by atoms with Crippen LogP contribution in [0.3, 0.4) is 0 Å². The SMILES string of the molecule is Cc1ccc(C)c(-c2csc(N3CCN(S(=O)(=O)c4ccc(OC(F)(F)F)cc4)CC3)n2)c1. The number of alkyl halides is 3. The first kappa shape index (κ1) is 23.5. The van der Waals surface area contributed by atoms with Gasteiger partial charge in [-0.3, -0.25) is 0 Å². The molecule has 0 atom stereocenters. The van der Waals surface area contributed by atoms with Crippen LogP contribution in [0, 0.1) is 13.8 Å². The van der Waals surface area contributed by atoms with Crippen molar-refractivity contribution in [1.29, 1.82) is 0 Å². The molecule has 1 aliphatic rings. The molecule has 2 heterocycles. The number of ether oxygens (including phenoxy) is 1. The molecule has 0 saturated carbocycles. The molecule has 3 aromatic rings. The third-order valence-corrected chi connectivity index (χ3v) is 8.18. The molecule has 1 fully saturated rings. The molecule has 33 heavy (non-hydrogen) atoms. The molecule has 0 N–H and O–H groups in total. The molecule has 176 valence electrons. The van der Waals surface area contributed by atoms with Crippen LogP contribution in [-0.2, 0) is 10.0 Å². The van der Waals surface area contributed by atoms with Gasteiger partial charge in [0.1, 0.15) is 5.75 Å². The first-order chi connectivity index (χ1) is 15.5. The summed E-state index contributed by atoms with van der Waals surface area (Å²) in [5, 5.41) is 2.83. The molecular weight excluding hydrogens is 475 g/mol. The number of nitrogens with zero attached hydrogens (tertiary/aromatic N) is 3. The Balaban J connectivity index is 1.42. The van der Waals surface area contributed by atoms with Crippen molar-refractivity contribution in [2.24, 2.45) is 0 Å². The third kappa shape index (κ3) is 5.31. The summed E-state index contributed by atoms with van der Waals surface area (Å²) >= 11 is 1.52. The summed E-state index contributed by atoms with van der Waals surface area (Å²) < 4.78 is 67.9. The first-order valence-electron chi connectivity index (χ1n) is 10.2. The van der Waals surface area contributed by atoms with Crippen LogP contribution in [-0.4, -0.2) is 50.2 Å². The molecule has 0 radical (unpaired) electrons. The van der Waals surface area contributed by atoms with Gasteiger partial charge < -0.3 is 9.64 Å². The second kappa shape index (κ2) is 8.96. The fourth-order valence-electron chi connectivity index (χ4n) is 3.63. The van der Waals surface area contributed by atoms with Crippen LogP contribution in [0.5, 0.6) is 5.75 Å². The number of aryl methyl sites for hydroxylation is 2. The lowest BCUT2D eigenvalue weighted by molar-refractivity contribution is -0.274. The van der Waals surface area contributed by atoms with Crippen LogP contribution < -0.4 is 9.64 Å². The van der Waals surface area contributed by atoms with Gasteiger partial charge in [-0.25, -0.2) is 13.4 Å². The van der Waals surface area contributed by atoms with Crippen LogP contribution in [0.2, 0.25) is 0 Å². The molecule has 0 amide bonds. The van der Waals surface area contributed by atoms with Gasteiger partial charge in [0.05, 0.1) is 10.6 Å². The summed E-state index contributed by atoms with van der Waals surface area (Å²) in [6.45, 7) is 5.51. The molecular formula is C22H22F3N3O3S2. The Bertz CT molecular complexity index is 1230. The van der Waals surface area contributed by atoms with Crippen LogP contribution in [0.1, 0.15) is 11.1 Å². The number of rotatable bonds is 5. The van der Waals surface area contributed by atoms with Gasteiger partial charge in [-0.1, -0.05) is 17.7 Å². The highest BCUT2D eigenvalue weighted by molar-refractivity contribution is 7.89. The van der Waals surface area contributed by atoms with Crippen molar-refractivity contribution in [3.63, 3.8) is 0 Å². The predicted octanol–water partition coefficient (Wildman–Crippen LogP) is 4.84. The monoisotopic (exact) mass is 497 g/mol. The normalized spacial score (nSPS) is 15.6. The standard InChI is InChI=1S/C22H22F3N3O3S2/c1-15-3-4-16(2)19(13-15)20-14-32-21(26-20)27-9-11-28(12-10-27)33(29,30)18-7-5-17(6-8-18)31-22(23,24)25/h3-8,13-14H,9-12H2,1-2H3. The Labute approximate surface area is 194 Å². The zero-order chi connectivity index (χ0) is 23.8. The Morgan fingerprint density at radius 3 is 2.30 bits per heavy atom. The maximum absolute atomic E-state index is 12.9. The van der Waals surface area contributed by atoms with E-state index >= 15 is 0 Å². The molecule has 0 bridgehead atoms. The van der Waals surface area contributed by atoms with E-state index in [0.717, 1.165) is 51.8 Å². The Morgan fingerprint density at radius 2 is 1.67 bits per heavy atom. The van der Waals surface area contributed by atoms with Gasteiger partial charge in [-0.05, 0) is 49.7 Å². The molecule has 4 rings (SSSR count). The minimum atomic E-state index is -4.83. The highest BCUT2D eigenvalue weighted by atomic mass is 32.2. The summed E-state index contributed by atoms with van der Waals surface area (Å²) in [7, 11) is -3.82. The summed E-state index contributed by atoms with van der Waals surface area (Å²) in [6, 6.07) is 10.5. The maximum Gasteiger partial charge on any atom is 0.573 e. The fourth-order valence-corrected chi connectivity index (χ4v) is 5.93. The first-order valence-corrected chi connectivity index (χ1v) is 12.5. The van der Waals surface area contributed by atoms with E-state index in [1.807, 2.05) is 24.1 Å². The average Bonchev–Trinajstić information content (AvgIpc) is 3.25. The number of thiazole rings is 1. The molecule has 0 aliphatic carbocycles. The van der Waals surface area contributed by atoms with Gasteiger partial charge in [0.15, 0.2) is 5.13 Å². The fraction of sp³-hybridized carbons (Fsp3) is 0.318. The molecule has 6 nitrogen and oxygen atoms in total. The molecule has 0 spiro atoms. The van der Waals surface area contributed by atoms with Crippen molar-refractivity contribution in [3.05, 3.63) is 59.0 Å². The van der Waals surface area contributed by atoms with Gasteiger partial charge >= 0.3 is 6.36 Å². The van der Waals surface area contributed by atoms with Crippen LogP contribution in [0.25, 0.3) is 11.3 Å². The number of halogens is 3.